The maximum atomic E-state index is 5.77. The van der Waals surface area contributed by atoms with E-state index in [0.717, 1.165) is 32.0 Å². The highest BCUT2D eigenvalue weighted by Crippen LogP contribution is 2.40. The molecule has 3 rings (SSSR count). The summed E-state index contributed by atoms with van der Waals surface area (Å²) in [6.45, 7) is 2.76. The van der Waals surface area contributed by atoms with Gasteiger partial charge in [0.25, 0.3) is 0 Å². The average molecular weight is 197 g/mol. The molecule has 1 saturated carbocycles. The monoisotopic (exact) mass is 197 g/mol. The van der Waals surface area contributed by atoms with Crippen LogP contribution in [0.2, 0.25) is 0 Å². The van der Waals surface area contributed by atoms with Crippen LogP contribution < -0.4 is 5.32 Å². The minimum absolute atomic E-state index is 0.203. The summed E-state index contributed by atoms with van der Waals surface area (Å²) in [5.74, 6) is 0.674. The quantitative estimate of drug-likeness (QED) is 0.634. The first-order valence-corrected chi connectivity index (χ1v) is 5.89. The molecular formula is C11H19NO2. The van der Waals surface area contributed by atoms with E-state index < -0.39 is 0 Å². The summed E-state index contributed by atoms with van der Waals surface area (Å²) in [5, 5.41) is 3.61. The summed E-state index contributed by atoms with van der Waals surface area (Å²) in [4.78, 5) is 0. The Kier molecular flexibility index (Phi) is 2.26. The van der Waals surface area contributed by atoms with Crippen LogP contribution in [0.5, 0.6) is 0 Å². The number of piperidine rings is 1. The molecular weight excluding hydrogens is 178 g/mol. The Balaban J connectivity index is 1.70. The first-order valence-electron chi connectivity index (χ1n) is 5.89. The van der Waals surface area contributed by atoms with E-state index in [-0.39, 0.29) is 5.79 Å². The van der Waals surface area contributed by atoms with Crippen molar-refractivity contribution in [3.63, 3.8) is 0 Å². The van der Waals surface area contributed by atoms with Crippen molar-refractivity contribution < 1.29 is 9.47 Å². The molecule has 2 saturated heterocycles. The summed E-state index contributed by atoms with van der Waals surface area (Å²) in [6.07, 6.45) is 6.19. The molecule has 0 bridgehead atoms. The largest absolute Gasteiger partial charge is 0.347 e. The van der Waals surface area contributed by atoms with Gasteiger partial charge < -0.3 is 14.8 Å². The van der Waals surface area contributed by atoms with E-state index in [1.165, 1.54) is 25.8 Å². The molecule has 1 spiro atoms. The Labute approximate surface area is 85.1 Å². The van der Waals surface area contributed by atoms with Crippen molar-refractivity contribution >= 4 is 0 Å². The molecule has 0 aromatic carbocycles. The smallest absolute Gasteiger partial charge is 0.170 e. The minimum atomic E-state index is -0.203. The lowest BCUT2D eigenvalue weighted by Gasteiger charge is -2.43. The fourth-order valence-electron chi connectivity index (χ4n) is 3.21. The third-order valence-corrected chi connectivity index (χ3v) is 3.97. The van der Waals surface area contributed by atoms with Gasteiger partial charge >= 0.3 is 0 Å². The molecule has 0 radical (unpaired) electrons. The van der Waals surface area contributed by atoms with Crippen LogP contribution in [0, 0.1) is 5.92 Å². The van der Waals surface area contributed by atoms with Gasteiger partial charge in [-0.2, -0.15) is 0 Å². The molecule has 3 heteroatoms. The third kappa shape index (κ3) is 1.47. The lowest BCUT2D eigenvalue weighted by Crippen LogP contribution is -2.51. The number of rotatable bonds is 0. The molecule has 80 valence electrons. The molecule has 0 amide bonds. The van der Waals surface area contributed by atoms with Gasteiger partial charge in [-0.1, -0.05) is 0 Å². The van der Waals surface area contributed by atoms with E-state index in [0.29, 0.717) is 6.04 Å². The van der Waals surface area contributed by atoms with Crippen LogP contribution in [-0.4, -0.2) is 31.6 Å². The van der Waals surface area contributed by atoms with E-state index in [9.17, 15) is 0 Å². The van der Waals surface area contributed by atoms with Crippen molar-refractivity contribution in [3.8, 4) is 0 Å². The van der Waals surface area contributed by atoms with Gasteiger partial charge in [0.2, 0.25) is 0 Å². The van der Waals surface area contributed by atoms with Gasteiger partial charge in [0.15, 0.2) is 5.79 Å². The summed E-state index contributed by atoms with van der Waals surface area (Å²) < 4.78 is 11.5. The molecule has 0 aromatic heterocycles. The fourth-order valence-corrected chi connectivity index (χ4v) is 3.21. The Bertz CT molecular complexity index is 213. The zero-order valence-corrected chi connectivity index (χ0v) is 8.63. The Morgan fingerprint density at radius 2 is 2.00 bits per heavy atom. The van der Waals surface area contributed by atoms with Crippen molar-refractivity contribution in [2.24, 2.45) is 5.92 Å². The van der Waals surface area contributed by atoms with E-state index in [1.54, 1.807) is 0 Å². The van der Waals surface area contributed by atoms with Crippen LogP contribution >= 0.6 is 0 Å². The maximum absolute atomic E-state index is 5.77. The number of hydrogen-bond acceptors (Lipinski definition) is 3. The van der Waals surface area contributed by atoms with Gasteiger partial charge in [-0.05, 0) is 31.7 Å². The first kappa shape index (κ1) is 9.13. The second-order valence-electron chi connectivity index (χ2n) is 4.81. The molecule has 0 unspecified atom stereocenters. The molecule has 1 aliphatic carbocycles. The minimum Gasteiger partial charge on any atom is -0.347 e. The van der Waals surface area contributed by atoms with Crippen molar-refractivity contribution in [1.82, 2.24) is 5.32 Å². The normalized spacial score (nSPS) is 41.1. The van der Waals surface area contributed by atoms with Gasteiger partial charge in [-0.15, -0.1) is 0 Å². The predicted molar refractivity (Wildman–Crippen MR) is 53.0 cm³/mol. The molecule has 3 fully saturated rings. The summed E-state index contributed by atoms with van der Waals surface area (Å²) >= 11 is 0. The van der Waals surface area contributed by atoms with E-state index in [4.69, 9.17) is 9.47 Å². The molecule has 3 nitrogen and oxygen atoms in total. The molecule has 3 aliphatic rings. The van der Waals surface area contributed by atoms with Gasteiger partial charge in [0.05, 0.1) is 13.2 Å². The Hall–Kier alpha value is -0.120. The van der Waals surface area contributed by atoms with Crippen molar-refractivity contribution in [2.75, 3.05) is 19.8 Å². The zero-order chi connectivity index (χ0) is 9.43. The zero-order valence-electron chi connectivity index (χ0n) is 8.63. The molecule has 1 N–H and O–H groups in total. The first-order chi connectivity index (χ1) is 6.88. The van der Waals surface area contributed by atoms with Gasteiger partial charge in [0.1, 0.15) is 0 Å². The second kappa shape index (κ2) is 3.47. The second-order valence-corrected chi connectivity index (χ2v) is 4.81. The van der Waals surface area contributed by atoms with E-state index in [1.807, 2.05) is 0 Å². The Morgan fingerprint density at radius 1 is 1.14 bits per heavy atom. The number of hydrogen-bond donors (Lipinski definition) is 1. The van der Waals surface area contributed by atoms with Crippen LogP contribution in [0.25, 0.3) is 0 Å². The van der Waals surface area contributed by atoms with Crippen LogP contribution in [0.4, 0.5) is 0 Å². The molecule has 2 heterocycles. The highest BCUT2D eigenvalue weighted by molar-refractivity contribution is 4.93. The highest BCUT2D eigenvalue weighted by atomic mass is 16.7. The van der Waals surface area contributed by atoms with Crippen molar-refractivity contribution in [3.05, 3.63) is 0 Å². The SMILES string of the molecule is C1CN[C@H]2CC3(CC[C@@H]2C1)OCCO3. The number of nitrogens with one attached hydrogen (secondary N) is 1. The number of fused-ring (bicyclic) bond motifs is 1. The standard InChI is InChI=1S/C11H19NO2/c1-2-9-3-4-11(13-6-7-14-11)8-10(9)12-5-1/h9-10,12H,1-8H2/t9-,10-/m0/s1. The lowest BCUT2D eigenvalue weighted by molar-refractivity contribution is -0.190. The lowest BCUT2D eigenvalue weighted by atomic mass is 9.77. The number of ether oxygens (including phenoxy) is 2. The van der Waals surface area contributed by atoms with E-state index in [2.05, 4.69) is 5.32 Å². The van der Waals surface area contributed by atoms with Crippen LogP contribution in [0.3, 0.4) is 0 Å². The van der Waals surface area contributed by atoms with Gasteiger partial charge in [-0.3, -0.25) is 0 Å². The molecule has 14 heavy (non-hydrogen) atoms. The summed E-state index contributed by atoms with van der Waals surface area (Å²) in [5.41, 5.74) is 0. The highest BCUT2D eigenvalue weighted by Gasteiger charge is 2.45. The van der Waals surface area contributed by atoms with Crippen LogP contribution in [0.1, 0.15) is 32.1 Å². The third-order valence-electron chi connectivity index (χ3n) is 3.97. The molecule has 0 aromatic rings. The summed E-state index contributed by atoms with van der Waals surface area (Å²) in [7, 11) is 0. The van der Waals surface area contributed by atoms with E-state index >= 15 is 0 Å². The van der Waals surface area contributed by atoms with Gasteiger partial charge in [0, 0.05) is 18.9 Å². The van der Waals surface area contributed by atoms with Crippen LogP contribution in [-0.2, 0) is 9.47 Å². The van der Waals surface area contributed by atoms with Crippen LogP contribution in [0.15, 0.2) is 0 Å². The molecule has 2 atom stereocenters. The average Bonchev–Trinajstić information content (AvgIpc) is 2.66. The molecule has 2 aliphatic heterocycles. The van der Waals surface area contributed by atoms with Gasteiger partial charge in [-0.25, -0.2) is 0 Å². The fraction of sp³-hybridized carbons (Fsp3) is 1.00. The Morgan fingerprint density at radius 3 is 2.86 bits per heavy atom. The van der Waals surface area contributed by atoms with Crippen molar-refractivity contribution in [1.29, 1.82) is 0 Å². The topological polar surface area (TPSA) is 30.5 Å². The maximum Gasteiger partial charge on any atom is 0.170 e. The summed E-state index contributed by atoms with van der Waals surface area (Å²) in [6, 6.07) is 0.649. The predicted octanol–water partition coefficient (Wildman–Crippen LogP) is 1.28. The van der Waals surface area contributed by atoms with Crippen molar-refractivity contribution in [2.45, 2.75) is 43.9 Å².